The van der Waals surface area contributed by atoms with Gasteiger partial charge < -0.3 is 24.6 Å². The fourth-order valence-corrected chi connectivity index (χ4v) is 2.36. The van der Waals surface area contributed by atoms with E-state index in [0.717, 1.165) is 5.56 Å². The molecule has 24 heavy (non-hydrogen) atoms. The molecule has 0 aliphatic rings. The number of aliphatic hydroxyl groups is 1. The third-order valence-electron chi connectivity index (χ3n) is 3.59. The van der Waals surface area contributed by atoms with Crippen LogP contribution in [0, 0.1) is 0 Å². The molecule has 6 nitrogen and oxygen atoms in total. The number of ether oxygens (including phenoxy) is 2. The lowest BCUT2D eigenvalue weighted by Gasteiger charge is -2.22. The van der Waals surface area contributed by atoms with Crippen molar-refractivity contribution >= 4 is 5.91 Å². The van der Waals surface area contributed by atoms with E-state index >= 15 is 0 Å². The van der Waals surface area contributed by atoms with E-state index < -0.39 is 0 Å². The monoisotopic (exact) mass is 331 g/mol. The van der Waals surface area contributed by atoms with Crippen LogP contribution in [0.1, 0.15) is 15.9 Å². The highest BCUT2D eigenvalue weighted by Gasteiger charge is 2.16. The Morgan fingerprint density at radius 2 is 1.71 bits per heavy atom. The number of methoxy groups -OCH3 is 2. The number of benzene rings is 2. The molecule has 0 saturated carbocycles. The number of aromatic hydroxyl groups is 1. The van der Waals surface area contributed by atoms with E-state index in [0.29, 0.717) is 23.6 Å². The van der Waals surface area contributed by atoms with E-state index in [9.17, 15) is 15.0 Å². The van der Waals surface area contributed by atoms with Crippen LogP contribution < -0.4 is 9.47 Å². The van der Waals surface area contributed by atoms with Crippen molar-refractivity contribution in [3.63, 3.8) is 0 Å². The minimum atomic E-state index is -0.223. The first-order valence-electron chi connectivity index (χ1n) is 7.49. The molecule has 0 aliphatic heterocycles. The number of hydrogen-bond acceptors (Lipinski definition) is 5. The molecule has 6 heteroatoms. The van der Waals surface area contributed by atoms with Crippen LogP contribution in [0.2, 0.25) is 0 Å². The summed E-state index contributed by atoms with van der Waals surface area (Å²) in [6.07, 6.45) is 0. The van der Waals surface area contributed by atoms with Gasteiger partial charge in [-0.3, -0.25) is 4.79 Å². The maximum absolute atomic E-state index is 12.6. The number of carbonyl (C=O) groups excluding carboxylic acids is 1. The predicted molar refractivity (Wildman–Crippen MR) is 89.5 cm³/mol. The summed E-state index contributed by atoms with van der Waals surface area (Å²) in [4.78, 5) is 14.1. The zero-order valence-corrected chi connectivity index (χ0v) is 13.7. The first-order chi connectivity index (χ1) is 11.6. The number of aliphatic hydroxyl groups excluding tert-OH is 1. The van der Waals surface area contributed by atoms with Gasteiger partial charge >= 0.3 is 0 Å². The van der Waals surface area contributed by atoms with Crippen LogP contribution in [0.25, 0.3) is 0 Å². The number of hydrogen-bond donors (Lipinski definition) is 2. The molecule has 2 rings (SSSR count). The molecule has 0 heterocycles. The molecule has 0 spiro atoms. The lowest BCUT2D eigenvalue weighted by molar-refractivity contribution is 0.0707. The van der Waals surface area contributed by atoms with E-state index in [4.69, 9.17) is 9.47 Å². The Hall–Kier alpha value is -2.73. The van der Waals surface area contributed by atoms with E-state index in [1.807, 2.05) is 6.07 Å². The van der Waals surface area contributed by atoms with Crippen molar-refractivity contribution in [1.29, 1.82) is 0 Å². The van der Waals surface area contributed by atoms with E-state index in [1.54, 1.807) is 38.5 Å². The highest BCUT2D eigenvalue weighted by molar-refractivity contribution is 5.94. The Morgan fingerprint density at radius 1 is 1.04 bits per heavy atom. The zero-order chi connectivity index (χ0) is 17.5. The number of rotatable bonds is 7. The van der Waals surface area contributed by atoms with Crippen LogP contribution in [0.5, 0.6) is 17.2 Å². The molecule has 2 N–H and O–H groups in total. The Bertz CT molecular complexity index is 684. The summed E-state index contributed by atoms with van der Waals surface area (Å²) in [7, 11) is 3.11. The number of amides is 1. The van der Waals surface area contributed by atoms with Gasteiger partial charge in [0.15, 0.2) is 11.5 Å². The second-order valence-corrected chi connectivity index (χ2v) is 5.19. The minimum absolute atomic E-state index is 0.0974. The van der Waals surface area contributed by atoms with E-state index in [-0.39, 0.29) is 24.8 Å². The molecule has 2 aromatic carbocycles. The van der Waals surface area contributed by atoms with E-state index in [1.165, 1.54) is 17.0 Å². The fourth-order valence-electron chi connectivity index (χ4n) is 2.36. The van der Waals surface area contributed by atoms with Crippen molar-refractivity contribution in [3.05, 3.63) is 53.6 Å². The van der Waals surface area contributed by atoms with Crippen molar-refractivity contribution in [2.24, 2.45) is 0 Å². The Kier molecular flexibility index (Phi) is 6.03. The van der Waals surface area contributed by atoms with Gasteiger partial charge in [0.05, 0.1) is 20.8 Å². The van der Waals surface area contributed by atoms with Gasteiger partial charge in [-0.25, -0.2) is 0 Å². The summed E-state index contributed by atoms with van der Waals surface area (Å²) in [5, 5.41) is 18.6. The van der Waals surface area contributed by atoms with Crippen LogP contribution >= 0.6 is 0 Å². The van der Waals surface area contributed by atoms with Crippen molar-refractivity contribution in [3.8, 4) is 17.2 Å². The number of phenolic OH excluding ortho intramolecular Hbond substituents is 1. The Labute approximate surface area is 140 Å². The van der Waals surface area contributed by atoms with Gasteiger partial charge in [-0.1, -0.05) is 6.07 Å². The Morgan fingerprint density at radius 3 is 2.29 bits per heavy atom. The summed E-state index contributed by atoms with van der Waals surface area (Å²) < 4.78 is 10.5. The minimum Gasteiger partial charge on any atom is -0.508 e. The van der Waals surface area contributed by atoms with Crippen molar-refractivity contribution < 1.29 is 24.5 Å². The third kappa shape index (κ3) is 4.17. The smallest absolute Gasteiger partial charge is 0.254 e. The molecule has 0 saturated heterocycles. The average molecular weight is 331 g/mol. The average Bonchev–Trinajstić information content (AvgIpc) is 2.61. The SMILES string of the molecule is COc1ccc(CN(CCO)C(=O)c2ccc(O)cc2)cc1OC. The molecule has 2 aromatic rings. The molecule has 0 radical (unpaired) electrons. The van der Waals surface area contributed by atoms with Gasteiger partial charge in [0.1, 0.15) is 5.75 Å². The number of nitrogens with zero attached hydrogens (tertiary/aromatic N) is 1. The van der Waals surface area contributed by atoms with Gasteiger partial charge in [-0.05, 0) is 42.0 Å². The van der Waals surface area contributed by atoms with Crippen LogP contribution in [-0.2, 0) is 6.54 Å². The maximum Gasteiger partial charge on any atom is 0.254 e. The molecular weight excluding hydrogens is 310 g/mol. The first-order valence-corrected chi connectivity index (χ1v) is 7.49. The lowest BCUT2D eigenvalue weighted by Crippen LogP contribution is -2.33. The summed E-state index contributed by atoms with van der Waals surface area (Å²) in [6.45, 7) is 0.381. The number of carbonyl (C=O) groups is 1. The summed E-state index contributed by atoms with van der Waals surface area (Å²) in [6, 6.07) is 11.4. The zero-order valence-electron chi connectivity index (χ0n) is 13.7. The van der Waals surface area contributed by atoms with Gasteiger partial charge in [0.25, 0.3) is 5.91 Å². The number of phenols is 1. The van der Waals surface area contributed by atoms with Gasteiger partial charge in [0, 0.05) is 18.7 Å². The molecule has 1 amide bonds. The first kappa shape index (κ1) is 17.6. The normalized spacial score (nSPS) is 10.3. The second-order valence-electron chi connectivity index (χ2n) is 5.19. The summed E-state index contributed by atoms with van der Waals surface area (Å²) in [5.74, 6) is 1.06. The van der Waals surface area contributed by atoms with Gasteiger partial charge in [-0.15, -0.1) is 0 Å². The molecule has 128 valence electrons. The van der Waals surface area contributed by atoms with Crippen LogP contribution in [0.3, 0.4) is 0 Å². The van der Waals surface area contributed by atoms with Crippen molar-refractivity contribution in [2.45, 2.75) is 6.54 Å². The largest absolute Gasteiger partial charge is 0.508 e. The molecule has 0 bridgehead atoms. The van der Waals surface area contributed by atoms with Crippen LogP contribution in [0.15, 0.2) is 42.5 Å². The lowest BCUT2D eigenvalue weighted by atomic mass is 10.1. The molecular formula is C18H21NO5. The molecule has 0 aliphatic carbocycles. The quantitative estimate of drug-likeness (QED) is 0.812. The Balaban J connectivity index is 2.21. The van der Waals surface area contributed by atoms with Crippen LogP contribution in [-0.4, -0.2) is 48.4 Å². The van der Waals surface area contributed by atoms with Gasteiger partial charge in [0.2, 0.25) is 0 Å². The van der Waals surface area contributed by atoms with Crippen LogP contribution in [0.4, 0.5) is 0 Å². The molecule has 0 atom stereocenters. The van der Waals surface area contributed by atoms with Crippen molar-refractivity contribution in [1.82, 2.24) is 4.90 Å². The van der Waals surface area contributed by atoms with E-state index in [2.05, 4.69) is 0 Å². The standard InChI is InChI=1S/C18H21NO5/c1-23-16-8-3-13(11-17(16)24-2)12-19(9-10-20)18(22)14-4-6-15(21)7-5-14/h3-8,11,20-21H,9-10,12H2,1-2H3. The highest BCUT2D eigenvalue weighted by atomic mass is 16.5. The second kappa shape index (κ2) is 8.21. The fraction of sp³-hybridized carbons (Fsp3) is 0.278. The molecule has 0 unspecified atom stereocenters. The summed E-state index contributed by atoms with van der Waals surface area (Å²) >= 11 is 0. The maximum atomic E-state index is 12.6. The van der Waals surface area contributed by atoms with Gasteiger partial charge in [-0.2, -0.15) is 0 Å². The van der Waals surface area contributed by atoms with Crippen molar-refractivity contribution in [2.75, 3.05) is 27.4 Å². The highest BCUT2D eigenvalue weighted by Crippen LogP contribution is 2.28. The third-order valence-corrected chi connectivity index (χ3v) is 3.59. The molecule has 0 aromatic heterocycles. The summed E-state index contributed by atoms with van der Waals surface area (Å²) in [5.41, 5.74) is 1.30. The molecule has 0 fully saturated rings. The topological polar surface area (TPSA) is 79.2 Å². The predicted octanol–water partition coefficient (Wildman–Crippen LogP) is 2.04.